The first-order valence-electron chi connectivity index (χ1n) is 5.66. The summed E-state index contributed by atoms with van der Waals surface area (Å²) in [6, 6.07) is 0. The van der Waals surface area contributed by atoms with Crippen molar-refractivity contribution >= 4 is 56.3 Å². The molecule has 122 valence electrons. The van der Waals surface area contributed by atoms with Crippen LogP contribution < -0.4 is 35.4 Å². The first kappa shape index (κ1) is 19.2. The molecule has 0 fully saturated rings. The quantitative estimate of drug-likeness (QED) is 0.147. The first-order valence-corrected chi connectivity index (χ1v) is 6.74. The number of aromatic amines is 2. The molecule has 4 heterocycles. The molecule has 6 N–H and O–H groups in total. The van der Waals surface area contributed by atoms with Crippen LogP contribution in [0.25, 0.3) is 22.1 Å². The molecule has 23 heavy (non-hydrogen) atoms. The van der Waals surface area contributed by atoms with Crippen LogP contribution >= 0.6 is 22.6 Å². The zero-order valence-corrected chi connectivity index (χ0v) is 16.1. The maximum absolute atomic E-state index is 5.59. The molecule has 0 amide bonds. The maximum atomic E-state index is 5.59. The Morgan fingerprint density at radius 2 is 1.65 bits per heavy atom. The topological polar surface area (TPSA) is 161 Å². The third-order valence-corrected chi connectivity index (χ3v) is 3.40. The van der Waals surface area contributed by atoms with Crippen molar-refractivity contribution in [2.24, 2.45) is 0 Å². The SMILES string of the molecule is Nc1ncnc2[nH]ncc12.Nc1ncnc2n[nH]c(I)c12.[CH3-].[I-]. The average molecular weight is 538 g/mol. The fourth-order valence-corrected chi connectivity index (χ4v) is 2.26. The van der Waals surface area contributed by atoms with Gasteiger partial charge in [-0.3, -0.25) is 10.2 Å². The summed E-state index contributed by atoms with van der Waals surface area (Å²) in [6.07, 6.45) is 4.40. The molecular weight excluding hydrogens is 526 g/mol. The fourth-order valence-electron chi connectivity index (χ4n) is 1.63. The smallest absolute Gasteiger partial charge is 0.187 e. The Labute approximate surface area is 161 Å². The summed E-state index contributed by atoms with van der Waals surface area (Å²) in [5.41, 5.74) is 12.4. The molecule has 0 aromatic carbocycles. The molecule has 12 heteroatoms. The van der Waals surface area contributed by atoms with E-state index in [-0.39, 0.29) is 31.4 Å². The molecule has 0 radical (unpaired) electrons. The average Bonchev–Trinajstić information content (AvgIpc) is 3.08. The van der Waals surface area contributed by atoms with Gasteiger partial charge in [-0.25, -0.2) is 19.9 Å². The first-order chi connectivity index (χ1) is 10.2. The van der Waals surface area contributed by atoms with E-state index >= 15 is 0 Å². The summed E-state index contributed by atoms with van der Waals surface area (Å²) in [7, 11) is 0. The third kappa shape index (κ3) is 3.92. The molecule has 0 atom stereocenters. The molecule has 0 saturated carbocycles. The number of halogens is 2. The second-order valence-corrected chi connectivity index (χ2v) is 4.97. The number of nitrogen functional groups attached to an aromatic ring is 2. The molecule has 0 saturated heterocycles. The lowest BCUT2D eigenvalue weighted by molar-refractivity contribution is -0.00000495. The lowest BCUT2D eigenvalue weighted by Crippen LogP contribution is -3.00. The predicted octanol–water partition coefficient (Wildman–Crippen LogP) is -2.07. The van der Waals surface area contributed by atoms with Crippen LogP contribution in [0.1, 0.15) is 0 Å². The minimum absolute atomic E-state index is 0. The summed E-state index contributed by atoms with van der Waals surface area (Å²) in [5, 5.41) is 14.7. The van der Waals surface area contributed by atoms with Crippen LogP contribution in [0.5, 0.6) is 0 Å². The second kappa shape index (κ2) is 8.14. The Bertz CT molecular complexity index is 902. The number of fused-ring (bicyclic) bond motifs is 2. The van der Waals surface area contributed by atoms with E-state index in [1.165, 1.54) is 12.7 Å². The zero-order valence-electron chi connectivity index (χ0n) is 11.8. The van der Waals surface area contributed by atoms with Crippen molar-refractivity contribution in [3.63, 3.8) is 0 Å². The summed E-state index contributed by atoms with van der Waals surface area (Å²) in [6.45, 7) is 0. The van der Waals surface area contributed by atoms with Crippen molar-refractivity contribution in [1.29, 1.82) is 0 Å². The number of anilines is 2. The highest BCUT2D eigenvalue weighted by Gasteiger charge is 2.06. The van der Waals surface area contributed by atoms with Gasteiger partial charge in [0.15, 0.2) is 11.3 Å². The van der Waals surface area contributed by atoms with Crippen LogP contribution in [0.2, 0.25) is 0 Å². The van der Waals surface area contributed by atoms with E-state index < -0.39 is 0 Å². The number of nitrogens with two attached hydrogens (primary N) is 2. The number of H-pyrrole nitrogens is 2. The largest absolute Gasteiger partial charge is 1.00 e. The van der Waals surface area contributed by atoms with E-state index in [4.69, 9.17) is 11.5 Å². The maximum Gasteiger partial charge on any atom is 0.187 e. The molecule has 4 aromatic rings. The molecule has 0 unspecified atom stereocenters. The van der Waals surface area contributed by atoms with Gasteiger partial charge in [-0.05, 0) is 22.6 Å². The number of aromatic nitrogens is 8. The van der Waals surface area contributed by atoms with Gasteiger partial charge < -0.3 is 42.9 Å². The molecule has 0 aliphatic heterocycles. The number of hydrogen-bond donors (Lipinski definition) is 4. The van der Waals surface area contributed by atoms with Crippen molar-refractivity contribution in [1.82, 2.24) is 40.3 Å². The summed E-state index contributed by atoms with van der Waals surface area (Å²) in [5.74, 6) is 0.923. The molecule has 0 aliphatic carbocycles. The summed E-state index contributed by atoms with van der Waals surface area (Å²) < 4.78 is 0.871. The molecule has 4 aromatic heterocycles. The van der Waals surface area contributed by atoms with Gasteiger partial charge in [-0.2, -0.15) is 10.2 Å². The van der Waals surface area contributed by atoms with Crippen LogP contribution in [-0.4, -0.2) is 40.3 Å². The predicted molar refractivity (Wildman–Crippen MR) is 91.3 cm³/mol. The van der Waals surface area contributed by atoms with Crippen molar-refractivity contribution in [2.45, 2.75) is 0 Å². The van der Waals surface area contributed by atoms with Gasteiger partial charge in [-0.15, -0.1) is 0 Å². The van der Waals surface area contributed by atoms with E-state index in [1.807, 2.05) is 0 Å². The van der Waals surface area contributed by atoms with Gasteiger partial charge in [-0.1, -0.05) is 0 Å². The van der Waals surface area contributed by atoms with Crippen LogP contribution in [0.15, 0.2) is 18.9 Å². The van der Waals surface area contributed by atoms with Gasteiger partial charge in [0.2, 0.25) is 0 Å². The zero-order chi connectivity index (χ0) is 14.8. The Hall–Kier alpha value is -1.84. The van der Waals surface area contributed by atoms with Crippen LogP contribution in [0, 0.1) is 11.1 Å². The standard InChI is InChI=1S/C5H4IN5.C5H5N5.CH3.HI/c6-3-2-4(7)8-1-9-5(2)11-10-3;6-4-3-1-9-10-5(3)8-2-7-4;;/h1H,(H3,7,8,9,10,11);1-2H,(H3,6,7,8,9,10);1H3;1H/q;;-1;/p-1. The minimum atomic E-state index is 0. The third-order valence-electron chi connectivity index (χ3n) is 2.61. The van der Waals surface area contributed by atoms with Crippen molar-refractivity contribution in [2.75, 3.05) is 11.5 Å². The molecule has 0 spiro atoms. The van der Waals surface area contributed by atoms with E-state index in [2.05, 4.69) is 62.9 Å². The van der Waals surface area contributed by atoms with Gasteiger partial charge in [0.05, 0.1) is 17.0 Å². The lowest BCUT2D eigenvalue weighted by Gasteiger charge is -1.90. The van der Waals surface area contributed by atoms with E-state index in [1.54, 1.807) is 6.20 Å². The van der Waals surface area contributed by atoms with Crippen LogP contribution in [0.3, 0.4) is 0 Å². The van der Waals surface area contributed by atoms with Gasteiger partial charge in [0, 0.05) is 0 Å². The van der Waals surface area contributed by atoms with Crippen LogP contribution in [-0.2, 0) is 0 Å². The molecule has 4 rings (SSSR count). The Balaban J connectivity index is 0.000000212. The van der Waals surface area contributed by atoms with Gasteiger partial charge >= 0.3 is 0 Å². The van der Waals surface area contributed by atoms with E-state index in [0.29, 0.717) is 22.9 Å². The van der Waals surface area contributed by atoms with Gasteiger partial charge in [0.1, 0.15) is 28.0 Å². The lowest BCUT2D eigenvalue weighted by atomic mass is 10.4. The summed E-state index contributed by atoms with van der Waals surface area (Å²) in [4.78, 5) is 15.4. The normalized spacial score (nSPS) is 9.61. The number of hydrogen-bond acceptors (Lipinski definition) is 8. The fraction of sp³-hybridized carbons (Fsp3) is 0. The highest BCUT2D eigenvalue weighted by molar-refractivity contribution is 14.1. The van der Waals surface area contributed by atoms with Crippen molar-refractivity contribution in [3.05, 3.63) is 30.0 Å². The molecule has 0 aliphatic rings. The summed E-state index contributed by atoms with van der Waals surface area (Å²) >= 11 is 2.10. The number of rotatable bonds is 0. The second-order valence-electron chi connectivity index (χ2n) is 3.89. The number of nitrogens with zero attached hydrogens (tertiary/aromatic N) is 6. The van der Waals surface area contributed by atoms with E-state index in [9.17, 15) is 0 Å². The highest BCUT2D eigenvalue weighted by Crippen LogP contribution is 2.19. The number of nitrogens with one attached hydrogen (secondary N) is 2. The Morgan fingerprint density at radius 1 is 0.957 bits per heavy atom. The van der Waals surface area contributed by atoms with Crippen molar-refractivity contribution in [3.8, 4) is 0 Å². The van der Waals surface area contributed by atoms with Gasteiger partial charge in [0.25, 0.3) is 0 Å². The molecule has 10 nitrogen and oxygen atoms in total. The molecular formula is C11H12I2N10-2. The highest BCUT2D eigenvalue weighted by atomic mass is 127. The minimum Gasteiger partial charge on any atom is -1.00 e. The molecule has 0 bridgehead atoms. The van der Waals surface area contributed by atoms with Crippen molar-refractivity contribution < 1.29 is 24.0 Å². The Kier molecular flexibility index (Phi) is 6.79. The Morgan fingerprint density at radius 3 is 2.35 bits per heavy atom. The van der Waals surface area contributed by atoms with E-state index in [0.717, 1.165) is 14.5 Å². The van der Waals surface area contributed by atoms with Crippen LogP contribution in [0.4, 0.5) is 11.6 Å². The monoisotopic (exact) mass is 538 g/mol.